The number of carbonyl (C=O) groups excluding carboxylic acids is 4. The maximum absolute atomic E-state index is 13.4. The highest BCUT2D eigenvalue weighted by Gasteiger charge is 2.37. The Balaban J connectivity index is 1.32. The topological polar surface area (TPSA) is 155 Å². The van der Waals surface area contributed by atoms with E-state index in [2.05, 4.69) is 20.9 Å². The molecule has 0 spiro atoms. The molecule has 1 aliphatic heterocycles. The predicted molar refractivity (Wildman–Crippen MR) is 142 cm³/mol. The summed E-state index contributed by atoms with van der Waals surface area (Å²) in [5, 5.41) is 9.12. The van der Waals surface area contributed by atoms with Gasteiger partial charge in [0, 0.05) is 16.6 Å². The lowest BCUT2D eigenvalue weighted by atomic mass is 9.90. The van der Waals surface area contributed by atoms with Crippen LogP contribution >= 0.6 is 0 Å². The van der Waals surface area contributed by atoms with E-state index in [1.165, 1.54) is 0 Å². The van der Waals surface area contributed by atoms with Crippen LogP contribution in [0, 0.1) is 12.8 Å². The Kier molecular flexibility index (Phi) is 6.79. The summed E-state index contributed by atoms with van der Waals surface area (Å²) < 4.78 is 5.37. The van der Waals surface area contributed by atoms with Gasteiger partial charge in [0.1, 0.15) is 23.5 Å². The lowest BCUT2D eigenvalue weighted by Crippen LogP contribution is -2.53. The van der Waals surface area contributed by atoms with Crippen molar-refractivity contribution in [2.75, 3.05) is 12.4 Å². The van der Waals surface area contributed by atoms with Crippen LogP contribution in [0.15, 0.2) is 42.5 Å². The minimum atomic E-state index is -1.08. The first kappa shape index (κ1) is 25.3. The number of hydrogen-bond acceptors (Lipinski definition) is 5. The predicted octanol–water partition coefficient (Wildman–Crippen LogP) is 2.48. The van der Waals surface area contributed by atoms with Crippen LogP contribution in [-0.4, -0.2) is 47.8 Å². The van der Waals surface area contributed by atoms with Gasteiger partial charge in [0.25, 0.3) is 5.91 Å². The van der Waals surface area contributed by atoms with Crippen molar-refractivity contribution < 1.29 is 23.9 Å². The number of amides is 4. The molecule has 198 valence electrons. The molecule has 0 saturated heterocycles. The minimum Gasteiger partial charge on any atom is -0.496 e. The number of aromatic amines is 1. The van der Waals surface area contributed by atoms with Gasteiger partial charge in [0.2, 0.25) is 17.7 Å². The second kappa shape index (κ2) is 10.2. The van der Waals surface area contributed by atoms with Gasteiger partial charge in [-0.3, -0.25) is 19.2 Å². The second-order valence-electron chi connectivity index (χ2n) is 10.1. The van der Waals surface area contributed by atoms with Gasteiger partial charge in [-0.2, -0.15) is 0 Å². The van der Waals surface area contributed by atoms with Crippen LogP contribution < -0.4 is 26.4 Å². The largest absolute Gasteiger partial charge is 0.496 e. The van der Waals surface area contributed by atoms with Crippen LogP contribution in [0.1, 0.15) is 53.2 Å². The fourth-order valence-corrected chi connectivity index (χ4v) is 5.16. The highest BCUT2D eigenvalue weighted by atomic mass is 16.5. The van der Waals surface area contributed by atoms with Gasteiger partial charge in [-0.15, -0.1) is 0 Å². The zero-order valence-corrected chi connectivity index (χ0v) is 21.3. The molecule has 1 unspecified atom stereocenters. The number of benzene rings is 2. The molecule has 3 atom stereocenters. The Morgan fingerprint density at radius 1 is 1.08 bits per heavy atom. The van der Waals surface area contributed by atoms with Crippen LogP contribution in [-0.2, 0) is 14.4 Å². The van der Waals surface area contributed by atoms with E-state index in [9.17, 15) is 19.2 Å². The maximum Gasteiger partial charge on any atom is 0.268 e. The molecular weight excluding hydrogens is 486 g/mol. The highest BCUT2D eigenvalue weighted by molar-refractivity contribution is 6.04. The Hall–Kier alpha value is -4.34. The summed E-state index contributed by atoms with van der Waals surface area (Å²) in [7, 11) is 1.56. The zero-order valence-electron chi connectivity index (χ0n) is 21.3. The number of aryl methyl sites for hydroxylation is 1. The standard InChI is InChI=1S/C28H31N5O5/c1-14-5-3-7-19-24(14)17(26(35)31-19)13-20(25(29)34)32-27(36)21(11-15-9-10-15)33-28(37)22-12-16-18(30-22)6-4-8-23(16)38-2/h3-8,12,15,17,20-21,30H,9-11,13H2,1-2H3,(H2,29,34)(H,31,35)(H,32,36)(H,33,37)/t17?,20-,21-/m0/s1. The number of primary amides is 1. The summed E-state index contributed by atoms with van der Waals surface area (Å²) in [5.74, 6) is -1.62. The van der Waals surface area contributed by atoms with Gasteiger partial charge >= 0.3 is 0 Å². The molecule has 2 aromatic carbocycles. The molecule has 10 heteroatoms. The number of nitrogens with one attached hydrogen (secondary N) is 4. The van der Waals surface area contributed by atoms with Crippen molar-refractivity contribution in [1.29, 1.82) is 0 Å². The number of anilines is 1. The first-order valence-corrected chi connectivity index (χ1v) is 12.7. The number of nitrogens with two attached hydrogens (primary N) is 1. The molecule has 0 radical (unpaired) electrons. The highest BCUT2D eigenvalue weighted by Crippen LogP contribution is 2.38. The quantitative estimate of drug-likeness (QED) is 0.279. The Morgan fingerprint density at radius 3 is 2.55 bits per heavy atom. The summed E-state index contributed by atoms with van der Waals surface area (Å²) in [6.07, 6.45) is 2.41. The van der Waals surface area contributed by atoms with E-state index in [1.807, 2.05) is 31.2 Å². The van der Waals surface area contributed by atoms with Crippen LogP contribution in [0.2, 0.25) is 0 Å². The van der Waals surface area contributed by atoms with Gasteiger partial charge in [0.15, 0.2) is 0 Å². The fourth-order valence-electron chi connectivity index (χ4n) is 5.16. The van der Waals surface area contributed by atoms with E-state index >= 15 is 0 Å². The molecule has 4 amide bonds. The molecular formula is C28H31N5O5. The molecule has 6 N–H and O–H groups in total. The number of fused-ring (bicyclic) bond motifs is 2. The third-order valence-corrected chi connectivity index (χ3v) is 7.35. The van der Waals surface area contributed by atoms with Crippen LogP contribution in [0.3, 0.4) is 0 Å². The van der Waals surface area contributed by atoms with E-state index in [-0.39, 0.29) is 12.3 Å². The van der Waals surface area contributed by atoms with Gasteiger partial charge in [-0.05, 0) is 61.1 Å². The zero-order chi connectivity index (χ0) is 27.0. The molecule has 1 aliphatic carbocycles. The van der Waals surface area contributed by atoms with E-state index in [0.29, 0.717) is 29.5 Å². The van der Waals surface area contributed by atoms with Crippen molar-refractivity contribution in [3.63, 3.8) is 0 Å². The number of H-pyrrole nitrogens is 1. The molecule has 0 bridgehead atoms. The average molecular weight is 518 g/mol. The van der Waals surface area contributed by atoms with Crippen molar-refractivity contribution in [3.05, 3.63) is 59.3 Å². The average Bonchev–Trinajstić information content (AvgIpc) is 3.49. The molecule has 38 heavy (non-hydrogen) atoms. The molecule has 1 saturated carbocycles. The normalized spacial score (nSPS) is 17.8. The molecule has 1 aromatic heterocycles. The SMILES string of the molecule is COc1cccc2[nH]c(C(=O)N[C@@H](CC3CC3)C(=O)N[C@@H](CC3C(=O)Nc4cccc(C)c43)C(N)=O)cc12. The first-order valence-electron chi connectivity index (χ1n) is 12.7. The Morgan fingerprint density at radius 2 is 1.84 bits per heavy atom. The number of carbonyl (C=O) groups is 4. The van der Waals surface area contributed by atoms with E-state index < -0.39 is 35.7 Å². The lowest BCUT2D eigenvalue weighted by molar-refractivity contribution is -0.129. The summed E-state index contributed by atoms with van der Waals surface area (Å²) >= 11 is 0. The third kappa shape index (κ3) is 5.06. The number of hydrogen-bond donors (Lipinski definition) is 5. The number of aromatic nitrogens is 1. The molecule has 10 nitrogen and oxygen atoms in total. The smallest absolute Gasteiger partial charge is 0.268 e. The van der Waals surface area contributed by atoms with Crippen molar-refractivity contribution in [2.45, 2.75) is 50.6 Å². The molecule has 2 heterocycles. The number of ether oxygens (including phenoxy) is 1. The van der Waals surface area contributed by atoms with Gasteiger partial charge in [0.05, 0.1) is 13.0 Å². The van der Waals surface area contributed by atoms with E-state index in [0.717, 1.165) is 34.9 Å². The molecule has 2 aliphatic rings. The maximum atomic E-state index is 13.4. The monoisotopic (exact) mass is 517 g/mol. The lowest BCUT2D eigenvalue weighted by Gasteiger charge is -2.23. The Bertz CT molecular complexity index is 1430. The van der Waals surface area contributed by atoms with Crippen LogP contribution in [0.25, 0.3) is 10.9 Å². The third-order valence-electron chi connectivity index (χ3n) is 7.35. The summed E-state index contributed by atoms with van der Waals surface area (Å²) in [4.78, 5) is 54.6. The van der Waals surface area contributed by atoms with Crippen molar-refractivity contribution in [2.24, 2.45) is 11.7 Å². The second-order valence-corrected chi connectivity index (χ2v) is 10.1. The van der Waals surface area contributed by atoms with E-state index in [4.69, 9.17) is 10.5 Å². The molecule has 5 rings (SSSR count). The summed E-state index contributed by atoms with van der Waals surface area (Å²) in [5.41, 5.74) is 9.09. The summed E-state index contributed by atoms with van der Waals surface area (Å²) in [6.45, 7) is 1.89. The van der Waals surface area contributed by atoms with Gasteiger partial charge < -0.3 is 31.4 Å². The van der Waals surface area contributed by atoms with Crippen molar-refractivity contribution >= 4 is 40.2 Å². The van der Waals surface area contributed by atoms with Crippen molar-refractivity contribution in [3.8, 4) is 5.75 Å². The first-order chi connectivity index (χ1) is 18.2. The van der Waals surface area contributed by atoms with Crippen LogP contribution in [0.5, 0.6) is 5.75 Å². The Labute approximate surface area is 219 Å². The number of methoxy groups -OCH3 is 1. The molecule has 1 fully saturated rings. The minimum absolute atomic E-state index is 0.0245. The summed E-state index contributed by atoms with van der Waals surface area (Å²) in [6, 6.07) is 10.7. The van der Waals surface area contributed by atoms with Gasteiger partial charge in [-0.1, -0.05) is 31.0 Å². The van der Waals surface area contributed by atoms with Gasteiger partial charge in [-0.25, -0.2) is 0 Å². The van der Waals surface area contributed by atoms with Crippen molar-refractivity contribution in [1.82, 2.24) is 15.6 Å². The van der Waals surface area contributed by atoms with Crippen LogP contribution in [0.4, 0.5) is 5.69 Å². The van der Waals surface area contributed by atoms with E-state index in [1.54, 1.807) is 25.3 Å². The number of rotatable bonds is 10. The fraction of sp³-hybridized carbons (Fsp3) is 0.357. The molecule has 3 aromatic rings.